The molecular formula is C18H18N2O4S. The first kappa shape index (κ1) is 17.0. The molecule has 1 heterocycles. The van der Waals surface area contributed by atoms with Gasteiger partial charge < -0.3 is 9.30 Å². The van der Waals surface area contributed by atoms with Crippen molar-refractivity contribution in [1.29, 1.82) is 0 Å². The lowest BCUT2D eigenvalue weighted by Gasteiger charge is -2.08. The van der Waals surface area contributed by atoms with Gasteiger partial charge in [-0.1, -0.05) is 18.2 Å². The molecular weight excluding hydrogens is 340 g/mol. The maximum absolute atomic E-state index is 12.1. The second kappa shape index (κ2) is 6.60. The monoisotopic (exact) mass is 358 g/mol. The lowest BCUT2D eigenvalue weighted by Crippen LogP contribution is -2.29. The lowest BCUT2D eigenvalue weighted by molar-refractivity contribution is 0.0982. The SMILES string of the molecule is COc1ccc(Cn2ccc3ccc(C(=O)NS(C)(=O)=O)cc32)cc1. The van der Waals surface area contributed by atoms with Crippen LogP contribution in [-0.2, 0) is 16.6 Å². The van der Waals surface area contributed by atoms with Gasteiger partial charge in [0.2, 0.25) is 10.0 Å². The van der Waals surface area contributed by atoms with Gasteiger partial charge in [0.25, 0.3) is 5.91 Å². The van der Waals surface area contributed by atoms with Crippen molar-refractivity contribution in [3.63, 3.8) is 0 Å². The maximum Gasteiger partial charge on any atom is 0.264 e. The fraction of sp³-hybridized carbons (Fsp3) is 0.167. The van der Waals surface area contributed by atoms with Crippen LogP contribution in [0, 0.1) is 0 Å². The van der Waals surface area contributed by atoms with Crippen LogP contribution in [-0.4, -0.2) is 32.3 Å². The van der Waals surface area contributed by atoms with Gasteiger partial charge in [0.05, 0.1) is 13.4 Å². The van der Waals surface area contributed by atoms with Crippen molar-refractivity contribution in [2.45, 2.75) is 6.54 Å². The first-order valence-corrected chi connectivity index (χ1v) is 9.49. The summed E-state index contributed by atoms with van der Waals surface area (Å²) in [5.41, 5.74) is 2.24. The molecule has 0 saturated heterocycles. The van der Waals surface area contributed by atoms with Crippen LogP contribution in [0.1, 0.15) is 15.9 Å². The van der Waals surface area contributed by atoms with Crippen LogP contribution in [0.25, 0.3) is 10.9 Å². The Morgan fingerprint density at radius 2 is 1.84 bits per heavy atom. The van der Waals surface area contributed by atoms with Crippen molar-refractivity contribution in [1.82, 2.24) is 9.29 Å². The molecule has 1 N–H and O–H groups in total. The average Bonchev–Trinajstić information content (AvgIpc) is 2.96. The predicted octanol–water partition coefficient (Wildman–Crippen LogP) is 2.39. The number of ether oxygens (including phenoxy) is 1. The Morgan fingerprint density at radius 1 is 1.12 bits per heavy atom. The molecule has 130 valence electrons. The summed E-state index contributed by atoms with van der Waals surface area (Å²) in [6.45, 7) is 0.630. The summed E-state index contributed by atoms with van der Waals surface area (Å²) >= 11 is 0. The molecule has 3 rings (SSSR count). The number of carbonyl (C=O) groups is 1. The number of rotatable bonds is 5. The molecule has 6 nitrogen and oxygen atoms in total. The summed E-state index contributed by atoms with van der Waals surface area (Å²) in [6.07, 6.45) is 2.89. The van der Waals surface area contributed by atoms with Crippen molar-refractivity contribution in [3.05, 3.63) is 65.9 Å². The standard InChI is InChI=1S/C18H18N2O4S/c1-24-16-7-3-13(4-8-16)12-20-10-9-14-5-6-15(11-17(14)20)18(21)19-25(2,22)23/h3-11H,12H2,1-2H3,(H,19,21). The van der Waals surface area contributed by atoms with Crippen molar-refractivity contribution in [2.24, 2.45) is 0 Å². The molecule has 0 atom stereocenters. The van der Waals surface area contributed by atoms with Gasteiger partial charge >= 0.3 is 0 Å². The zero-order chi connectivity index (χ0) is 18.0. The van der Waals surface area contributed by atoms with Gasteiger partial charge in [0, 0.05) is 23.8 Å². The van der Waals surface area contributed by atoms with Crippen LogP contribution in [0.2, 0.25) is 0 Å². The quantitative estimate of drug-likeness (QED) is 0.760. The van der Waals surface area contributed by atoms with E-state index >= 15 is 0 Å². The van der Waals surface area contributed by atoms with Crippen LogP contribution < -0.4 is 9.46 Å². The van der Waals surface area contributed by atoms with Crippen LogP contribution in [0.3, 0.4) is 0 Å². The van der Waals surface area contributed by atoms with Crippen LogP contribution in [0.4, 0.5) is 0 Å². The summed E-state index contributed by atoms with van der Waals surface area (Å²) < 4.78 is 31.6. The first-order chi connectivity index (χ1) is 11.9. The summed E-state index contributed by atoms with van der Waals surface area (Å²) in [6, 6.07) is 14.8. The smallest absolute Gasteiger partial charge is 0.264 e. The van der Waals surface area contributed by atoms with Gasteiger partial charge in [-0.15, -0.1) is 0 Å². The molecule has 2 aromatic carbocycles. The molecule has 0 fully saturated rings. The van der Waals surface area contributed by atoms with Gasteiger partial charge in [0.15, 0.2) is 0 Å². The Balaban J connectivity index is 1.91. The number of hydrogen-bond donors (Lipinski definition) is 1. The number of sulfonamides is 1. The topological polar surface area (TPSA) is 77.4 Å². The minimum Gasteiger partial charge on any atom is -0.497 e. The van der Waals surface area contributed by atoms with Gasteiger partial charge in [-0.25, -0.2) is 13.1 Å². The zero-order valence-electron chi connectivity index (χ0n) is 13.9. The molecule has 7 heteroatoms. The minimum atomic E-state index is -3.59. The van der Waals surface area contributed by atoms with Gasteiger partial charge in [-0.2, -0.15) is 0 Å². The third-order valence-corrected chi connectivity index (χ3v) is 4.38. The normalized spacial score (nSPS) is 11.4. The number of nitrogens with zero attached hydrogens (tertiary/aromatic N) is 1. The van der Waals surface area contributed by atoms with Gasteiger partial charge in [-0.05, 0) is 41.3 Å². The molecule has 0 bridgehead atoms. The highest BCUT2D eigenvalue weighted by Crippen LogP contribution is 2.20. The molecule has 3 aromatic rings. The van der Waals surface area contributed by atoms with E-state index in [2.05, 4.69) is 0 Å². The van der Waals surface area contributed by atoms with E-state index in [9.17, 15) is 13.2 Å². The average molecular weight is 358 g/mol. The molecule has 0 aliphatic rings. The zero-order valence-corrected chi connectivity index (χ0v) is 14.7. The molecule has 0 radical (unpaired) electrons. The number of benzene rings is 2. The summed E-state index contributed by atoms with van der Waals surface area (Å²) in [5, 5.41) is 0.976. The van der Waals surface area contributed by atoms with E-state index in [4.69, 9.17) is 4.74 Å². The highest BCUT2D eigenvalue weighted by Gasteiger charge is 2.12. The summed E-state index contributed by atoms with van der Waals surface area (Å²) in [7, 11) is -1.97. The number of fused-ring (bicyclic) bond motifs is 1. The van der Waals surface area contributed by atoms with E-state index in [1.165, 1.54) is 0 Å². The lowest BCUT2D eigenvalue weighted by atomic mass is 10.1. The second-order valence-electron chi connectivity index (χ2n) is 5.77. The molecule has 0 unspecified atom stereocenters. The predicted molar refractivity (Wildman–Crippen MR) is 96.3 cm³/mol. The van der Waals surface area contributed by atoms with Crippen molar-refractivity contribution in [2.75, 3.05) is 13.4 Å². The van der Waals surface area contributed by atoms with Crippen LogP contribution in [0.15, 0.2) is 54.7 Å². The molecule has 1 amide bonds. The number of carbonyl (C=O) groups excluding carboxylic acids is 1. The Labute approximate surface area is 146 Å². The Morgan fingerprint density at radius 3 is 2.48 bits per heavy atom. The molecule has 25 heavy (non-hydrogen) atoms. The third-order valence-electron chi connectivity index (χ3n) is 3.83. The fourth-order valence-corrected chi connectivity index (χ4v) is 3.07. The summed E-state index contributed by atoms with van der Waals surface area (Å²) in [4.78, 5) is 12.1. The Hall–Kier alpha value is -2.80. The Bertz CT molecular complexity index is 1020. The largest absolute Gasteiger partial charge is 0.497 e. The molecule has 0 aliphatic carbocycles. The van der Waals surface area contributed by atoms with Crippen LogP contribution >= 0.6 is 0 Å². The first-order valence-electron chi connectivity index (χ1n) is 7.60. The highest BCUT2D eigenvalue weighted by atomic mass is 32.2. The van der Waals surface area contributed by atoms with Crippen molar-refractivity contribution < 1.29 is 17.9 Å². The molecule has 1 aromatic heterocycles. The van der Waals surface area contributed by atoms with E-state index in [-0.39, 0.29) is 0 Å². The minimum absolute atomic E-state index is 0.299. The van der Waals surface area contributed by atoms with E-state index < -0.39 is 15.9 Å². The number of nitrogens with one attached hydrogen (secondary N) is 1. The van der Waals surface area contributed by atoms with E-state index in [1.807, 2.05) is 45.8 Å². The third kappa shape index (κ3) is 4.00. The van der Waals surface area contributed by atoms with E-state index in [0.29, 0.717) is 12.1 Å². The van der Waals surface area contributed by atoms with Crippen molar-refractivity contribution >= 4 is 26.8 Å². The van der Waals surface area contributed by atoms with E-state index in [0.717, 1.165) is 28.5 Å². The number of methoxy groups -OCH3 is 1. The molecule has 0 spiro atoms. The Kier molecular flexibility index (Phi) is 4.50. The number of amides is 1. The number of hydrogen-bond acceptors (Lipinski definition) is 4. The highest BCUT2D eigenvalue weighted by molar-refractivity contribution is 7.89. The molecule has 0 aliphatic heterocycles. The number of aromatic nitrogens is 1. The molecule has 0 saturated carbocycles. The summed E-state index contributed by atoms with van der Waals surface area (Å²) in [5.74, 6) is 0.155. The van der Waals surface area contributed by atoms with E-state index in [1.54, 1.807) is 25.3 Å². The van der Waals surface area contributed by atoms with Crippen LogP contribution in [0.5, 0.6) is 5.75 Å². The van der Waals surface area contributed by atoms with Gasteiger partial charge in [0.1, 0.15) is 5.75 Å². The van der Waals surface area contributed by atoms with Gasteiger partial charge in [-0.3, -0.25) is 4.79 Å². The fourth-order valence-electron chi connectivity index (χ4n) is 2.62. The second-order valence-corrected chi connectivity index (χ2v) is 7.52. The van der Waals surface area contributed by atoms with Crippen molar-refractivity contribution in [3.8, 4) is 5.75 Å². The maximum atomic E-state index is 12.1.